The van der Waals surface area contributed by atoms with Crippen molar-refractivity contribution in [3.05, 3.63) is 64.6 Å². The maximum Gasteiger partial charge on any atom is 0.254 e. The molecule has 2 aliphatic rings. The first-order chi connectivity index (χ1) is 18.0. The maximum absolute atomic E-state index is 14.4. The molecule has 0 radical (unpaired) electrons. The fraction of sp³-hybridized carbons (Fsp3) is 0.357. The minimum Gasteiger partial charge on any atom is -0.496 e. The third-order valence-corrected chi connectivity index (χ3v) is 7.57. The molecule has 37 heavy (non-hydrogen) atoms. The highest BCUT2D eigenvalue weighted by Gasteiger charge is 2.51. The molecule has 1 spiro atoms. The number of carbonyl (C=O) groups is 2. The van der Waals surface area contributed by atoms with E-state index in [9.17, 15) is 9.59 Å². The van der Waals surface area contributed by atoms with E-state index in [0.717, 1.165) is 20.8 Å². The number of methoxy groups -OCH3 is 1. The predicted molar refractivity (Wildman–Crippen MR) is 145 cm³/mol. The van der Waals surface area contributed by atoms with E-state index in [4.69, 9.17) is 14.2 Å². The number of halogens is 1. The van der Waals surface area contributed by atoms with Crippen LogP contribution in [0.4, 0.5) is 5.69 Å². The number of anilines is 1. The van der Waals surface area contributed by atoms with E-state index in [1.165, 1.54) is 0 Å². The van der Waals surface area contributed by atoms with Crippen LogP contribution in [-0.2, 0) is 20.9 Å². The van der Waals surface area contributed by atoms with Crippen LogP contribution in [0, 0.1) is 0 Å². The van der Waals surface area contributed by atoms with Gasteiger partial charge < -0.3 is 29.7 Å². The number of para-hydroxylation sites is 2. The van der Waals surface area contributed by atoms with Gasteiger partial charge in [0, 0.05) is 22.9 Å². The van der Waals surface area contributed by atoms with Crippen LogP contribution in [0.1, 0.15) is 18.4 Å². The number of hydrogen-bond acceptors (Lipinski definition) is 6. The van der Waals surface area contributed by atoms with Crippen LogP contribution in [0.15, 0.2) is 59.1 Å². The lowest BCUT2D eigenvalue weighted by Crippen LogP contribution is -2.64. The quantitative estimate of drug-likeness (QED) is 0.471. The molecule has 0 unspecified atom stereocenters. The number of benzene rings is 3. The lowest BCUT2D eigenvalue weighted by molar-refractivity contribution is -0.137. The third-order valence-electron chi connectivity index (χ3n) is 7.08. The largest absolute Gasteiger partial charge is 0.496 e. The van der Waals surface area contributed by atoms with E-state index >= 15 is 0 Å². The zero-order valence-electron chi connectivity index (χ0n) is 20.9. The summed E-state index contributed by atoms with van der Waals surface area (Å²) >= 11 is 3.55. The van der Waals surface area contributed by atoms with Crippen molar-refractivity contribution in [2.45, 2.75) is 31.0 Å². The van der Waals surface area contributed by atoms with Gasteiger partial charge in [-0.25, -0.2) is 0 Å². The van der Waals surface area contributed by atoms with Crippen LogP contribution >= 0.6 is 15.9 Å². The molecule has 194 valence electrons. The van der Waals surface area contributed by atoms with Gasteiger partial charge in [-0.05, 0) is 48.2 Å². The topological polar surface area (TPSA) is 89.1 Å². The molecule has 8 nitrogen and oxygen atoms in total. The highest BCUT2D eigenvalue weighted by molar-refractivity contribution is 9.10. The van der Waals surface area contributed by atoms with Crippen LogP contribution in [0.5, 0.6) is 11.5 Å². The molecule has 5 rings (SSSR count). The summed E-state index contributed by atoms with van der Waals surface area (Å²) in [6.45, 7) is 1.22. The second-order valence-corrected chi connectivity index (χ2v) is 10.2. The number of hydrogen-bond donors (Lipinski definition) is 2. The number of nitrogens with zero attached hydrogens (tertiary/aromatic N) is 1. The molecule has 3 aromatic carbocycles. The summed E-state index contributed by atoms with van der Waals surface area (Å²) in [5, 5.41) is 7.85. The van der Waals surface area contributed by atoms with E-state index in [1.807, 2.05) is 54.6 Å². The number of rotatable bonds is 6. The number of amides is 2. The first-order valence-electron chi connectivity index (χ1n) is 12.3. The molecule has 1 atom stereocenters. The van der Waals surface area contributed by atoms with Crippen molar-refractivity contribution >= 4 is 44.2 Å². The molecule has 2 N–H and O–H groups in total. The molecule has 3 aromatic rings. The smallest absolute Gasteiger partial charge is 0.254 e. The summed E-state index contributed by atoms with van der Waals surface area (Å²) in [6, 6.07) is 16.6. The molecule has 0 aliphatic carbocycles. The summed E-state index contributed by atoms with van der Waals surface area (Å²) < 4.78 is 19.0. The Labute approximate surface area is 224 Å². The SMILES string of the molecule is CNCC(=O)N[C@H]1C(=O)N(Cc2c(OC)ccc3cc(Br)ccc23)c2ccccc2OC12CCOCC2. The average Bonchev–Trinajstić information content (AvgIpc) is 2.98. The summed E-state index contributed by atoms with van der Waals surface area (Å²) in [5.41, 5.74) is 0.607. The van der Waals surface area contributed by atoms with Crippen LogP contribution in [-0.4, -0.2) is 57.4 Å². The predicted octanol–water partition coefficient (Wildman–Crippen LogP) is 3.79. The fourth-order valence-corrected chi connectivity index (χ4v) is 5.62. The maximum atomic E-state index is 14.4. The zero-order chi connectivity index (χ0) is 26.0. The number of likely N-dealkylation sites (N-methyl/N-ethyl adjacent to an activating group) is 1. The van der Waals surface area contributed by atoms with Gasteiger partial charge in [0.15, 0.2) is 0 Å². The van der Waals surface area contributed by atoms with Crippen molar-refractivity contribution in [2.75, 3.05) is 38.8 Å². The summed E-state index contributed by atoms with van der Waals surface area (Å²) in [5.74, 6) is 0.785. The average molecular weight is 568 g/mol. The Hall–Kier alpha value is -3.14. The molecule has 2 amide bonds. The van der Waals surface area contributed by atoms with E-state index in [-0.39, 0.29) is 24.9 Å². The monoisotopic (exact) mass is 567 g/mol. The van der Waals surface area contributed by atoms with Gasteiger partial charge in [-0.2, -0.15) is 0 Å². The van der Waals surface area contributed by atoms with Crippen LogP contribution in [0.3, 0.4) is 0 Å². The molecule has 2 heterocycles. The second kappa shape index (κ2) is 10.7. The Kier molecular flexibility index (Phi) is 7.37. The minimum atomic E-state index is -0.919. The van der Waals surface area contributed by atoms with E-state index < -0.39 is 11.6 Å². The molecule has 1 fully saturated rings. The normalized spacial score (nSPS) is 18.7. The van der Waals surface area contributed by atoms with Gasteiger partial charge in [0.2, 0.25) is 5.91 Å². The molecule has 0 aromatic heterocycles. The van der Waals surface area contributed by atoms with E-state index in [0.29, 0.717) is 43.2 Å². The molecule has 0 bridgehead atoms. The first-order valence-corrected chi connectivity index (χ1v) is 13.1. The second-order valence-electron chi connectivity index (χ2n) is 9.31. The van der Waals surface area contributed by atoms with Gasteiger partial charge in [-0.15, -0.1) is 0 Å². The van der Waals surface area contributed by atoms with E-state index in [2.05, 4.69) is 26.6 Å². The lowest BCUT2D eigenvalue weighted by Gasteiger charge is -2.41. The van der Waals surface area contributed by atoms with Crippen molar-refractivity contribution in [1.82, 2.24) is 10.6 Å². The molecule has 9 heteroatoms. The minimum absolute atomic E-state index is 0.0926. The Morgan fingerprint density at radius 2 is 1.95 bits per heavy atom. The Bertz CT molecular complexity index is 1320. The van der Waals surface area contributed by atoms with Crippen molar-refractivity contribution in [2.24, 2.45) is 0 Å². The number of ether oxygens (including phenoxy) is 3. The van der Waals surface area contributed by atoms with Gasteiger partial charge in [0.05, 0.1) is 39.1 Å². The molecular formula is C28H30BrN3O5. The third kappa shape index (κ3) is 4.91. The van der Waals surface area contributed by atoms with Gasteiger partial charge in [0.1, 0.15) is 23.1 Å². The van der Waals surface area contributed by atoms with Gasteiger partial charge in [0.25, 0.3) is 5.91 Å². The first kappa shape index (κ1) is 25.5. The Morgan fingerprint density at radius 3 is 2.70 bits per heavy atom. The van der Waals surface area contributed by atoms with Crippen molar-refractivity contribution in [3.8, 4) is 11.5 Å². The Balaban J connectivity index is 1.64. The van der Waals surface area contributed by atoms with E-state index in [1.54, 1.807) is 19.1 Å². The fourth-order valence-electron chi connectivity index (χ4n) is 5.24. The van der Waals surface area contributed by atoms with Crippen LogP contribution in [0.25, 0.3) is 10.8 Å². The number of nitrogens with one attached hydrogen (secondary N) is 2. The van der Waals surface area contributed by atoms with Crippen LogP contribution in [0.2, 0.25) is 0 Å². The zero-order valence-corrected chi connectivity index (χ0v) is 22.5. The molecule has 1 saturated heterocycles. The molecular weight excluding hydrogens is 538 g/mol. The number of carbonyl (C=O) groups excluding carboxylic acids is 2. The standard InChI is InChI=1S/C28H30BrN3O5/c1-30-16-25(33)31-26-27(34)32(17-21-20-9-8-19(29)15-18(20)7-10-23(21)35-2)22-5-3-4-6-24(22)37-28(26)11-13-36-14-12-28/h3-10,15,26,30H,11-14,16-17H2,1-2H3,(H,31,33)/t26-/m0/s1. The van der Waals surface area contributed by atoms with Crippen molar-refractivity contribution in [3.63, 3.8) is 0 Å². The van der Waals surface area contributed by atoms with Gasteiger partial charge in [-0.1, -0.05) is 40.2 Å². The summed E-state index contributed by atoms with van der Waals surface area (Å²) in [4.78, 5) is 28.9. The van der Waals surface area contributed by atoms with Crippen molar-refractivity contribution in [1.29, 1.82) is 0 Å². The van der Waals surface area contributed by atoms with Gasteiger partial charge in [-0.3, -0.25) is 9.59 Å². The summed E-state index contributed by atoms with van der Waals surface area (Å²) in [6.07, 6.45) is 0.966. The van der Waals surface area contributed by atoms with Crippen molar-refractivity contribution < 1.29 is 23.8 Å². The van der Waals surface area contributed by atoms with Gasteiger partial charge >= 0.3 is 0 Å². The Morgan fingerprint density at radius 1 is 1.16 bits per heavy atom. The molecule has 0 saturated carbocycles. The lowest BCUT2D eigenvalue weighted by atomic mass is 9.85. The highest BCUT2D eigenvalue weighted by Crippen LogP contribution is 2.42. The molecule has 2 aliphatic heterocycles. The van der Waals surface area contributed by atoms with Crippen LogP contribution < -0.4 is 25.0 Å². The number of fused-ring (bicyclic) bond motifs is 2. The highest BCUT2D eigenvalue weighted by atomic mass is 79.9. The summed E-state index contributed by atoms with van der Waals surface area (Å²) in [7, 11) is 3.32.